The molecule has 1 aromatic rings. The average molecular weight is 282 g/mol. The van der Waals surface area contributed by atoms with Crippen molar-refractivity contribution >= 4 is 20.2 Å². The standard InChI is InChI=1S/C8H11FN2O4S2/c1-11(2)10-17(14,15)8-5-3-7(4-6-8)16(9,12)13/h3-6,10H,1-2H3. The van der Waals surface area contributed by atoms with E-state index in [1.807, 2.05) is 0 Å². The lowest BCUT2D eigenvalue weighted by Gasteiger charge is -2.12. The van der Waals surface area contributed by atoms with Crippen molar-refractivity contribution in [2.45, 2.75) is 9.79 Å². The Balaban J connectivity index is 3.12. The smallest absolute Gasteiger partial charge is 0.237 e. The van der Waals surface area contributed by atoms with Crippen LogP contribution in [0.15, 0.2) is 34.1 Å². The van der Waals surface area contributed by atoms with E-state index in [0.29, 0.717) is 0 Å². The molecule has 0 amide bonds. The third-order valence-electron chi connectivity index (χ3n) is 1.72. The molecule has 9 heteroatoms. The lowest BCUT2D eigenvalue weighted by molar-refractivity contribution is 0.364. The first-order valence-corrected chi connectivity index (χ1v) is 7.24. The van der Waals surface area contributed by atoms with Crippen LogP contribution < -0.4 is 4.83 Å². The molecule has 0 aromatic heterocycles. The Morgan fingerprint density at radius 3 is 1.76 bits per heavy atom. The van der Waals surface area contributed by atoms with Crippen molar-refractivity contribution in [3.63, 3.8) is 0 Å². The summed E-state index contributed by atoms with van der Waals surface area (Å²) in [4.78, 5) is 1.42. The zero-order chi connectivity index (χ0) is 13.3. The number of halogens is 1. The fourth-order valence-electron chi connectivity index (χ4n) is 1.07. The second-order valence-electron chi connectivity index (χ2n) is 3.40. The Hall–Kier alpha value is -1.03. The maximum Gasteiger partial charge on any atom is 0.332 e. The Morgan fingerprint density at radius 2 is 1.41 bits per heavy atom. The summed E-state index contributed by atoms with van der Waals surface area (Å²) < 4.78 is 56.8. The Bertz CT molecular complexity index is 593. The van der Waals surface area contributed by atoms with Crippen LogP contribution in [0.25, 0.3) is 0 Å². The van der Waals surface area contributed by atoms with Gasteiger partial charge >= 0.3 is 10.2 Å². The molecule has 0 aliphatic heterocycles. The molecule has 0 aliphatic carbocycles. The van der Waals surface area contributed by atoms with Crippen molar-refractivity contribution in [2.24, 2.45) is 0 Å². The molecule has 1 aromatic carbocycles. The molecule has 0 fully saturated rings. The van der Waals surface area contributed by atoms with Crippen LogP contribution in [0.3, 0.4) is 0 Å². The molecule has 0 atom stereocenters. The quantitative estimate of drug-likeness (QED) is 0.625. The number of nitrogens with zero attached hydrogens (tertiary/aromatic N) is 1. The van der Waals surface area contributed by atoms with Crippen molar-refractivity contribution in [3.8, 4) is 0 Å². The predicted octanol–water partition coefficient (Wildman–Crippen LogP) is 0.0997. The monoisotopic (exact) mass is 282 g/mol. The minimum absolute atomic E-state index is 0.154. The summed E-state index contributed by atoms with van der Waals surface area (Å²) in [6.07, 6.45) is 0. The van der Waals surface area contributed by atoms with Crippen LogP contribution in [-0.2, 0) is 20.2 Å². The maximum atomic E-state index is 12.6. The van der Waals surface area contributed by atoms with Gasteiger partial charge in [-0.2, -0.15) is 8.42 Å². The van der Waals surface area contributed by atoms with Crippen molar-refractivity contribution in [1.82, 2.24) is 9.84 Å². The van der Waals surface area contributed by atoms with E-state index < -0.39 is 25.1 Å². The van der Waals surface area contributed by atoms with E-state index >= 15 is 0 Å². The van der Waals surface area contributed by atoms with Gasteiger partial charge in [-0.25, -0.2) is 13.4 Å². The molecule has 0 saturated heterocycles. The molecular formula is C8H11FN2O4S2. The Morgan fingerprint density at radius 1 is 1.00 bits per heavy atom. The zero-order valence-electron chi connectivity index (χ0n) is 9.08. The predicted molar refractivity (Wildman–Crippen MR) is 58.7 cm³/mol. The summed E-state index contributed by atoms with van der Waals surface area (Å²) in [7, 11) is -5.61. The molecule has 0 unspecified atom stereocenters. The van der Waals surface area contributed by atoms with Crippen molar-refractivity contribution in [3.05, 3.63) is 24.3 Å². The van der Waals surface area contributed by atoms with Crippen LogP contribution in [0.4, 0.5) is 3.89 Å². The molecular weight excluding hydrogens is 271 g/mol. The Labute approximate surface area is 99.3 Å². The highest BCUT2D eigenvalue weighted by molar-refractivity contribution is 7.89. The summed E-state index contributed by atoms with van der Waals surface area (Å²) in [6.45, 7) is 0. The van der Waals surface area contributed by atoms with Crippen LogP contribution in [0.1, 0.15) is 0 Å². The van der Waals surface area contributed by atoms with Crippen LogP contribution in [0.2, 0.25) is 0 Å². The zero-order valence-corrected chi connectivity index (χ0v) is 10.7. The lowest BCUT2D eigenvalue weighted by atomic mass is 10.4. The van der Waals surface area contributed by atoms with E-state index in [-0.39, 0.29) is 4.90 Å². The first-order valence-electron chi connectivity index (χ1n) is 4.37. The van der Waals surface area contributed by atoms with Crippen molar-refractivity contribution in [1.29, 1.82) is 0 Å². The topological polar surface area (TPSA) is 83.6 Å². The van der Waals surface area contributed by atoms with Gasteiger partial charge in [0.05, 0.1) is 9.79 Å². The fraction of sp³-hybridized carbons (Fsp3) is 0.250. The molecule has 1 N–H and O–H groups in total. The van der Waals surface area contributed by atoms with Crippen molar-refractivity contribution < 1.29 is 20.7 Å². The van der Waals surface area contributed by atoms with Gasteiger partial charge in [-0.3, -0.25) is 0 Å². The summed E-state index contributed by atoms with van der Waals surface area (Å²) in [5.74, 6) is 0. The number of sulfonamides is 1. The number of hydrazine groups is 1. The van der Waals surface area contributed by atoms with Gasteiger partial charge in [0.15, 0.2) is 0 Å². The third-order valence-corrected chi connectivity index (χ3v) is 4.05. The van der Waals surface area contributed by atoms with Crippen LogP contribution in [-0.4, -0.2) is 35.9 Å². The summed E-state index contributed by atoms with van der Waals surface area (Å²) in [6, 6.07) is 3.80. The molecule has 0 bridgehead atoms. The molecule has 0 radical (unpaired) electrons. The summed E-state index contributed by atoms with van der Waals surface area (Å²) in [5, 5.41) is 1.22. The molecule has 1 rings (SSSR count). The van der Waals surface area contributed by atoms with Gasteiger partial charge < -0.3 is 0 Å². The molecule has 0 heterocycles. The molecule has 17 heavy (non-hydrogen) atoms. The van der Waals surface area contributed by atoms with E-state index in [2.05, 4.69) is 4.83 Å². The van der Waals surface area contributed by atoms with Crippen LogP contribution in [0.5, 0.6) is 0 Å². The summed E-state index contributed by atoms with van der Waals surface area (Å²) >= 11 is 0. The van der Waals surface area contributed by atoms with E-state index in [1.165, 1.54) is 19.1 Å². The van der Waals surface area contributed by atoms with E-state index in [9.17, 15) is 20.7 Å². The first kappa shape index (κ1) is 14.0. The SMILES string of the molecule is CN(C)NS(=O)(=O)c1ccc(S(=O)(=O)F)cc1. The van der Waals surface area contributed by atoms with Gasteiger partial charge in [0.1, 0.15) is 0 Å². The van der Waals surface area contributed by atoms with Gasteiger partial charge in [-0.1, -0.05) is 0 Å². The number of rotatable bonds is 4. The Kier molecular flexibility index (Phi) is 3.87. The highest BCUT2D eigenvalue weighted by Crippen LogP contribution is 2.15. The highest BCUT2D eigenvalue weighted by atomic mass is 32.3. The number of nitrogens with one attached hydrogen (secondary N) is 1. The summed E-state index contributed by atoms with van der Waals surface area (Å²) in [5.41, 5.74) is 0. The van der Waals surface area contributed by atoms with E-state index in [0.717, 1.165) is 24.3 Å². The maximum absolute atomic E-state index is 12.6. The lowest BCUT2D eigenvalue weighted by Crippen LogP contribution is -2.36. The second kappa shape index (κ2) is 4.69. The first-order chi connectivity index (χ1) is 7.63. The number of hydrogen-bond donors (Lipinski definition) is 1. The van der Waals surface area contributed by atoms with Crippen molar-refractivity contribution in [2.75, 3.05) is 14.1 Å². The van der Waals surface area contributed by atoms with Gasteiger partial charge in [-0.05, 0) is 24.3 Å². The normalized spacial score (nSPS) is 12.9. The minimum Gasteiger partial charge on any atom is -0.237 e. The third kappa shape index (κ3) is 3.73. The number of benzene rings is 1. The van der Waals surface area contributed by atoms with Gasteiger partial charge in [0.25, 0.3) is 10.0 Å². The van der Waals surface area contributed by atoms with E-state index in [1.54, 1.807) is 0 Å². The van der Waals surface area contributed by atoms with Gasteiger partial charge in [0.2, 0.25) is 0 Å². The molecule has 96 valence electrons. The molecule has 0 saturated carbocycles. The van der Waals surface area contributed by atoms with Crippen LogP contribution >= 0.6 is 0 Å². The van der Waals surface area contributed by atoms with Gasteiger partial charge in [0, 0.05) is 14.1 Å². The largest absolute Gasteiger partial charge is 0.332 e. The van der Waals surface area contributed by atoms with E-state index in [4.69, 9.17) is 0 Å². The molecule has 6 nitrogen and oxygen atoms in total. The number of hydrogen-bond acceptors (Lipinski definition) is 5. The molecule has 0 spiro atoms. The second-order valence-corrected chi connectivity index (χ2v) is 6.41. The average Bonchev–Trinajstić information content (AvgIpc) is 2.14. The van der Waals surface area contributed by atoms with Crippen LogP contribution in [0, 0.1) is 0 Å². The van der Waals surface area contributed by atoms with Gasteiger partial charge in [-0.15, -0.1) is 8.72 Å². The molecule has 0 aliphatic rings. The fourth-order valence-corrected chi connectivity index (χ4v) is 2.62. The highest BCUT2D eigenvalue weighted by Gasteiger charge is 2.17. The minimum atomic E-state index is -4.81.